The Hall–Kier alpha value is -1.45. The van der Waals surface area contributed by atoms with Gasteiger partial charge in [-0.1, -0.05) is 17.6 Å². The van der Waals surface area contributed by atoms with Gasteiger partial charge in [-0.05, 0) is 11.2 Å². The molecule has 0 atom stereocenters. The number of nitrogens with zero attached hydrogens (tertiary/aromatic N) is 1. The van der Waals surface area contributed by atoms with E-state index in [1.54, 1.807) is 0 Å². The fraction of sp³-hybridized carbons (Fsp3) is 0. The molecule has 0 spiro atoms. The Balaban J connectivity index is 3.22. The molecule has 3 nitrogen and oxygen atoms in total. The van der Waals surface area contributed by atoms with Crippen molar-refractivity contribution in [3.05, 3.63) is 28.7 Å². The van der Waals surface area contributed by atoms with Crippen LogP contribution in [0.5, 0.6) is 0 Å². The molecule has 0 aliphatic heterocycles. The van der Waals surface area contributed by atoms with Crippen LogP contribution in [0.15, 0.2) is 23.4 Å². The molecule has 1 rings (SSSR count). The van der Waals surface area contributed by atoms with Gasteiger partial charge in [-0.25, -0.2) is 0 Å². The lowest BCUT2D eigenvalue weighted by Crippen LogP contribution is -2.02. The highest BCUT2D eigenvalue weighted by Gasteiger charge is 1.97. The minimum Gasteiger partial charge on any atom is -0.298 e. The van der Waals surface area contributed by atoms with Gasteiger partial charge in [0.25, 0.3) is 0 Å². The Morgan fingerprint density at radius 2 is 2.18 bits per heavy atom. The normalized spacial score (nSPS) is 9.09. The third kappa shape index (κ3) is 1.52. The van der Waals surface area contributed by atoms with Crippen LogP contribution >= 0.6 is 0 Å². The van der Waals surface area contributed by atoms with Gasteiger partial charge >= 0.3 is 0 Å². The van der Waals surface area contributed by atoms with Crippen LogP contribution in [-0.4, -0.2) is 14.1 Å². The Kier molecular flexibility index (Phi) is 2.16. The molecule has 0 unspecified atom stereocenters. The summed E-state index contributed by atoms with van der Waals surface area (Å²) in [7, 11) is 5.34. The molecule has 0 saturated heterocycles. The molecule has 0 amide bonds. The predicted octanol–water partition coefficient (Wildman–Crippen LogP) is 0.691. The molecular weight excluding hydrogens is 141 g/mol. The third-order valence-corrected chi connectivity index (χ3v) is 1.29. The lowest BCUT2D eigenvalue weighted by molar-refractivity contribution is 0.112. The average Bonchev–Trinajstić information content (AvgIpc) is 2.05. The van der Waals surface area contributed by atoms with Crippen LogP contribution in [0.2, 0.25) is 0 Å². The van der Waals surface area contributed by atoms with Gasteiger partial charge in [0.2, 0.25) is 0 Å². The van der Waals surface area contributed by atoms with E-state index in [9.17, 15) is 9.70 Å². The Morgan fingerprint density at radius 3 is 2.73 bits per heavy atom. The highest BCUT2D eigenvalue weighted by Crippen LogP contribution is 2.08. The molecule has 0 N–H and O–H groups in total. The zero-order valence-electron chi connectivity index (χ0n) is 5.65. The molecule has 1 aromatic rings. The van der Waals surface area contributed by atoms with Gasteiger partial charge in [0, 0.05) is 5.56 Å². The Bertz CT molecular complexity index is 298. The first-order chi connectivity index (χ1) is 5.27. The molecule has 0 aromatic heterocycles. The van der Waals surface area contributed by atoms with Gasteiger partial charge in [-0.3, -0.25) is 4.79 Å². The number of hydrogen-bond acceptors (Lipinski definition) is 3. The van der Waals surface area contributed by atoms with Crippen LogP contribution in [-0.2, 0) is 0 Å². The molecular formula is C7H4BNO2. The molecule has 4 heteroatoms. The second kappa shape index (κ2) is 3.10. The summed E-state index contributed by atoms with van der Waals surface area (Å²) < 4.78 is 0. The lowest BCUT2D eigenvalue weighted by Gasteiger charge is -1.95. The monoisotopic (exact) mass is 145 g/mol. The van der Waals surface area contributed by atoms with Gasteiger partial charge in [-0.2, -0.15) is 0 Å². The van der Waals surface area contributed by atoms with E-state index in [-0.39, 0.29) is 11.2 Å². The largest absolute Gasteiger partial charge is 0.298 e. The maximum atomic E-state index is 10.2. The number of carbonyl (C=O) groups is 1. The van der Waals surface area contributed by atoms with Crippen LogP contribution in [0.1, 0.15) is 10.4 Å². The molecule has 0 fully saturated rings. The first-order valence-electron chi connectivity index (χ1n) is 2.96. The van der Waals surface area contributed by atoms with E-state index in [4.69, 9.17) is 7.85 Å². The van der Waals surface area contributed by atoms with Crippen LogP contribution in [0.4, 0.5) is 5.69 Å². The number of nitroso groups, excluding NO2 is 1. The van der Waals surface area contributed by atoms with Crippen molar-refractivity contribution in [2.24, 2.45) is 5.18 Å². The summed E-state index contributed by atoms with van der Waals surface area (Å²) in [6.45, 7) is 0. The first-order valence-corrected chi connectivity index (χ1v) is 2.96. The molecule has 2 radical (unpaired) electrons. The van der Waals surface area contributed by atoms with Crippen molar-refractivity contribution >= 4 is 25.3 Å². The van der Waals surface area contributed by atoms with Crippen molar-refractivity contribution < 1.29 is 4.79 Å². The zero-order valence-corrected chi connectivity index (χ0v) is 5.65. The molecule has 0 saturated carbocycles. The van der Waals surface area contributed by atoms with E-state index < -0.39 is 0 Å². The van der Waals surface area contributed by atoms with Crippen LogP contribution in [0.25, 0.3) is 0 Å². The quantitative estimate of drug-likeness (QED) is 0.349. The van der Waals surface area contributed by atoms with Gasteiger partial charge in [0.05, 0.1) is 0 Å². The van der Waals surface area contributed by atoms with Crippen molar-refractivity contribution in [1.29, 1.82) is 0 Å². The molecule has 0 heterocycles. The summed E-state index contributed by atoms with van der Waals surface area (Å²) in [5.74, 6) is 0. The van der Waals surface area contributed by atoms with Crippen molar-refractivity contribution in [2.45, 2.75) is 0 Å². The van der Waals surface area contributed by atoms with E-state index in [1.165, 1.54) is 18.2 Å². The SMILES string of the molecule is [B]c1ccc(C=O)cc1N=O. The van der Waals surface area contributed by atoms with E-state index in [2.05, 4.69) is 5.18 Å². The van der Waals surface area contributed by atoms with Crippen molar-refractivity contribution in [1.82, 2.24) is 0 Å². The van der Waals surface area contributed by atoms with Gasteiger partial charge in [-0.15, -0.1) is 4.91 Å². The summed E-state index contributed by atoms with van der Waals surface area (Å²) >= 11 is 0. The Morgan fingerprint density at radius 1 is 1.45 bits per heavy atom. The number of aldehydes is 1. The third-order valence-electron chi connectivity index (χ3n) is 1.29. The van der Waals surface area contributed by atoms with Gasteiger partial charge in [0.1, 0.15) is 19.8 Å². The van der Waals surface area contributed by atoms with Crippen LogP contribution in [0, 0.1) is 4.91 Å². The van der Waals surface area contributed by atoms with E-state index in [1.807, 2.05) is 0 Å². The lowest BCUT2D eigenvalue weighted by atomic mass is 9.93. The summed E-state index contributed by atoms with van der Waals surface area (Å²) in [4.78, 5) is 20.3. The fourth-order valence-electron chi connectivity index (χ4n) is 0.713. The number of benzene rings is 1. The van der Waals surface area contributed by atoms with Crippen LogP contribution in [0.3, 0.4) is 0 Å². The van der Waals surface area contributed by atoms with Gasteiger partial charge < -0.3 is 0 Å². The topological polar surface area (TPSA) is 46.5 Å². The van der Waals surface area contributed by atoms with Crippen LogP contribution < -0.4 is 5.46 Å². The first kappa shape index (κ1) is 7.66. The molecule has 11 heavy (non-hydrogen) atoms. The second-order valence-electron chi connectivity index (χ2n) is 2.03. The minimum atomic E-state index is 0.106. The summed E-state index contributed by atoms with van der Waals surface area (Å²) in [6.07, 6.45) is 0.633. The highest BCUT2D eigenvalue weighted by atomic mass is 16.3. The molecule has 0 aliphatic carbocycles. The van der Waals surface area contributed by atoms with E-state index in [0.717, 1.165) is 0 Å². The maximum Gasteiger partial charge on any atom is 0.150 e. The van der Waals surface area contributed by atoms with Crippen molar-refractivity contribution in [2.75, 3.05) is 0 Å². The minimum absolute atomic E-state index is 0.106. The zero-order chi connectivity index (χ0) is 8.27. The van der Waals surface area contributed by atoms with E-state index in [0.29, 0.717) is 11.8 Å². The average molecular weight is 145 g/mol. The number of carbonyl (C=O) groups excluding carboxylic acids is 1. The number of hydrogen-bond donors (Lipinski definition) is 0. The van der Waals surface area contributed by atoms with E-state index >= 15 is 0 Å². The second-order valence-corrected chi connectivity index (χ2v) is 2.03. The molecule has 0 bridgehead atoms. The van der Waals surface area contributed by atoms with Crippen molar-refractivity contribution in [3.63, 3.8) is 0 Å². The molecule has 0 aliphatic rings. The van der Waals surface area contributed by atoms with Gasteiger partial charge in [0.15, 0.2) is 0 Å². The smallest absolute Gasteiger partial charge is 0.150 e. The fourth-order valence-corrected chi connectivity index (χ4v) is 0.713. The standard InChI is InChI=1S/C7H4BNO2/c8-6-2-1-5(4-10)3-7(6)9-11/h1-4H. The molecule has 52 valence electrons. The highest BCUT2D eigenvalue weighted by molar-refractivity contribution is 6.35. The summed E-state index contributed by atoms with van der Waals surface area (Å²) in [5, 5.41) is 2.64. The van der Waals surface area contributed by atoms with Crippen molar-refractivity contribution in [3.8, 4) is 0 Å². The maximum absolute atomic E-state index is 10.2. The number of rotatable bonds is 2. The molecule has 1 aromatic carbocycles. The summed E-state index contributed by atoms with van der Waals surface area (Å²) in [5.41, 5.74) is 0.786. The predicted molar refractivity (Wildman–Crippen MR) is 42.7 cm³/mol. The Labute approximate surface area is 64.8 Å². The summed E-state index contributed by atoms with van der Waals surface area (Å²) in [6, 6.07) is 4.34.